The van der Waals surface area contributed by atoms with Crippen LogP contribution >= 0.6 is 11.8 Å². The molecule has 0 bridgehead atoms. The largest absolute Gasteiger partial charge is 0.462 e. The molecule has 2 N–H and O–H groups in total. The van der Waals surface area contributed by atoms with Crippen LogP contribution in [0.1, 0.15) is 97.8 Å². The number of fused-ring (bicyclic) bond motifs is 5. The molecule has 11 unspecified atom stereocenters. The van der Waals surface area contributed by atoms with Gasteiger partial charge in [0.2, 0.25) is 0 Å². The summed E-state index contributed by atoms with van der Waals surface area (Å²) < 4.78 is 5.64. The lowest BCUT2D eigenvalue weighted by atomic mass is 9.43. The molecule has 4 saturated carbocycles. The van der Waals surface area contributed by atoms with Gasteiger partial charge >= 0.3 is 5.97 Å². The average molecular weight is 507 g/mol. The number of hydrogen-bond donors (Lipinski definition) is 2. The van der Waals surface area contributed by atoms with Gasteiger partial charge in [-0.25, -0.2) is 0 Å². The van der Waals surface area contributed by atoms with Gasteiger partial charge in [-0.05, 0) is 111 Å². The maximum Gasteiger partial charge on any atom is 0.306 e. The van der Waals surface area contributed by atoms with Gasteiger partial charge < -0.3 is 14.9 Å². The summed E-state index contributed by atoms with van der Waals surface area (Å²) in [6.07, 6.45) is 10.3. The molecule has 6 heteroatoms. The first-order chi connectivity index (χ1) is 16.6. The van der Waals surface area contributed by atoms with Gasteiger partial charge in [0.25, 0.3) is 0 Å². The third kappa shape index (κ3) is 4.74. The van der Waals surface area contributed by atoms with Crippen LogP contribution in [0.3, 0.4) is 0 Å². The van der Waals surface area contributed by atoms with Crippen LogP contribution in [0.25, 0.3) is 0 Å². The molecule has 5 fully saturated rings. The first-order valence-corrected chi connectivity index (χ1v) is 15.3. The van der Waals surface area contributed by atoms with Gasteiger partial charge in [0.1, 0.15) is 6.10 Å². The van der Waals surface area contributed by atoms with Crippen molar-refractivity contribution in [2.24, 2.45) is 46.3 Å². The highest BCUT2D eigenvalue weighted by molar-refractivity contribution is 8.13. The Hall–Kier alpha value is -0.590. The van der Waals surface area contributed by atoms with Crippen LogP contribution in [0.4, 0.5) is 0 Å². The highest BCUT2D eigenvalue weighted by Gasteiger charge is 2.62. The van der Waals surface area contributed by atoms with E-state index >= 15 is 0 Å². The van der Waals surface area contributed by atoms with Crippen LogP contribution in [0, 0.1) is 46.3 Å². The summed E-state index contributed by atoms with van der Waals surface area (Å²) in [5.41, 5.74) is 0.493. The molecule has 0 radical (unpaired) electrons. The summed E-state index contributed by atoms with van der Waals surface area (Å²) >= 11 is 1.35. The van der Waals surface area contributed by atoms with Crippen LogP contribution in [0.5, 0.6) is 0 Å². The topological polar surface area (TPSA) is 83.8 Å². The zero-order chi connectivity index (χ0) is 25.0. The third-order valence-electron chi connectivity index (χ3n) is 11.6. The predicted molar refractivity (Wildman–Crippen MR) is 138 cm³/mol. The molecule has 1 aliphatic heterocycles. The van der Waals surface area contributed by atoms with Gasteiger partial charge in [0, 0.05) is 12.2 Å². The summed E-state index contributed by atoms with van der Waals surface area (Å²) in [5, 5.41) is 21.8. The lowest BCUT2D eigenvalue weighted by molar-refractivity contribution is -0.174. The Bertz CT molecular complexity index is 817. The first-order valence-electron chi connectivity index (χ1n) is 14.3. The van der Waals surface area contributed by atoms with Gasteiger partial charge in [-0.2, -0.15) is 0 Å². The summed E-state index contributed by atoms with van der Waals surface area (Å²) in [5.74, 6) is 3.61. The van der Waals surface area contributed by atoms with E-state index in [1.165, 1.54) is 37.4 Å². The van der Waals surface area contributed by atoms with Crippen LogP contribution in [-0.2, 0) is 14.3 Å². The van der Waals surface area contributed by atoms with E-state index in [0.717, 1.165) is 44.3 Å². The Morgan fingerprint density at radius 1 is 1.06 bits per heavy atom. The number of aliphatic hydroxyl groups is 2. The molecule has 4 aliphatic carbocycles. The predicted octanol–water partition coefficient (Wildman–Crippen LogP) is 5.36. The number of carbonyl (C=O) groups excluding carboxylic acids is 2. The van der Waals surface area contributed by atoms with Crippen molar-refractivity contribution >= 4 is 22.8 Å². The molecule has 1 saturated heterocycles. The van der Waals surface area contributed by atoms with Gasteiger partial charge in [0.15, 0.2) is 5.12 Å². The van der Waals surface area contributed by atoms with Gasteiger partial charge in [-0.15, -0.1) is 0 Å². The summed E-state index contributed by atoms with van der Waals surface area (Å²) in [6.45, 7) is 7.27. The second-order valence-corrected chi connectivity index (χ2v) is 14.4. The van der Waals surface area contributed by atoms with E-state index < -0.39 is 0 Å². The normalized spacial score (nSPS) is 48.4. The maximum absolute atomic E-state index is 12.5. The van der Waals surface area contributed by atoms with Crippen molar-refractivity contribution in [3.05, 3.63) is 0 Å². The fourth-order valence-electron chi connectivity index (χ4n) is 9.72. The Morgan fingerprint density at radius 2 is 1.80 bits per heavy atom. The molecular formula is C29H46O5S. The lowest BCUT2D eigenvalue weighted by Crippen LogP contribution is -2.58. The maximum atomic E-state index is 12.5. The molecule has 0 aromatic carbocycles. The molecule has 0 aromatic rings. The van der Waals surface area contributed by atoms with Gasteiger partial charge in [0.05, 0.1) is 18.6 Å². The number of ether oxygens (including phenoxy) is 1. The van der Waals surface area contributed by atoms with Crippen molar-refractivity contribution < 1.29 is 24.5 Å². The number of aliphatic hydroxyl groups excluding tert-OH is 2. The van der Waals surface area contributed by atoms with Crippen molar-refractivity contribution in [3.8, 4) is 0 Å². The Balaban J connectivity index is 1.21. The molecule has 5 rings (SSSR count). The molecule has 0 amide bonds. The minimum atomic E-state index is -0.242. The van der Waals surface area contributed by atoms with Crippen molar-refractivity contribution in [2.75, 3.05) is 5.75 Å². The Labute approximate surface area is 215 Å². The molecule has 5 nitrogen and oxygen atoms in total. The molecular weight excluding hydrogens is 460 g/mol. The minimum Gasteiger partial charge on any atom is -0.462 e. The smallest absolute Gasteiger partial charge is 0.306 e. The highest BCUT2D eigenvalue weighted by atomic mass is 32.2. The number of carbonyl (C=O) groups is 2. The summed E-state index contributed by atoms with van der Waals surface area (Å²) in [4.78, 5) is 24.2. The van der Waals surface area contributed by atoms with E-state index in [0.29, 0.717) is 48.3 Å². The molecule has 0 spiro atoms. The first kappa shape index (κ1) is 26.0. The van der Waals surface area contributed by atoms with Crippen LogP contribution in [-0.4, -0.2) is 45.4 Å². The number of thioether (sulfide) groups is 1. The van der Waals surface area contributed by atoms with E-state index in [9.17, 15) is 19.8 Å². The van der Waals surface area contributed by atoms with Crippen LogP contribution in [0.2, 0.25) is 0 Å². The van der Waals surface area contributed by atoms with Gasteiger partial charge in [-0.3, -0.25) is 9.59 Å². The number of esters is 1. The lowest BCUT2D eigenvalue weighted by Gasteiger charge is -2.62. The molecule has 11 atom stereocenters. The second kappa shape index (κ2) is 9.94. The monoisotopic (exact) mass is 506 g/mol. The molecule has 198 valence electrons. The van der Waals surface area contributed by atoms with Crippen molar-refractivity contribution in [2.45, 2.75) is 116 Å². The van der Waals surface area contributed by atoms with Gasteiger partial charge in [-0.1, -0.05) is 32.5 Å². The molecule has 5 aliphatic rings. The highest BCUT2D eigenvalue weighted by Crippen LogP contribution is 2.68. The SMILES string of the molecule is CC(CCC(=O)OC1CCSC(=O)C1)C1CCC2C3C(O)CC4CC(O)CCC4(C)C3CCC12C. The zero-order valence-electron chi connectivity index (χ0n) is 21.9. The zero-order valence-corrected chi connectivity index (χ0v) is 22.7. The Kier molecular flexibility index (Phi) is 7.40. The molecule has 35 heavy (non-hydrogen) atoms. The van der Waals surface area contributed by atoms with Crippen molar-refractivity contribution in [1.29, 1.82) is 0 Å². The van der Waals surface area contributed by atoms with E-state index in [1.807, 2.05) is 0 Å². The minimum absolute atomic E-state index is 0.137. The van der Waals surface area contributed by atoms with Crippen molar-refractivity contribution in [1.82, 2.24) is 0 Å². The summed E-state index contributed by atoms with van der Waals surface area (Å²) in [6, 6.07) is 0. The third-order valence-corrected chi connectivity index (χ3v) is 12.5. The number of hydrogen-bond acceptors (Lipinski definition) is 6. The van der Waals surface area contributed by atoms with E-state index in [-0.39, 0.29) is 40.2 Å². The average Bonchev–Trinajstić information content (AvgIpc) is 3.16. The summed E-state index contributed by atoms with van der Waals surface area (Å²) in [7, 11) is 0. The molecule has 0 aromatic heterocycles. The standard InChI is InChI=1S/C29H46O5S/c1-17(4-7-25(32)34-20-10-13-35-26(33)16-20)21-5-6-22-27-23(9-12-29(21,22)3)28(2)11-8-19(30)14-18(28)15-24(27)31/h17-24,27,30-31H,4-16H2,1-3H3. The fourth-order valence-corrected chi connectivity index (χ4v) is 10.6. The van der Waals surface area contributed by atoms with Crippen molar-refractivity contribution in [3.63, 3.8) is 0 Å². The fraction of sp³-hybridized carbons (Fsp3) is 0.931. The van der Waals surface area contributed by atoms with E-state index in [1.54, 1.807) is 0 Å². The quantitative estimate of drug-likeness (QED) is 0.489. The van der Waals surface area contributed by atoms with E-state index in [4.69, 9.17) is 4.74 Å². The van der Waals surface area contributed by atoms with Crippen LogP contribution < -0.4 is 0 Å². The van der Waals surface area contributed by atoms with Crippen LogP contribution in [0.15, 0.2) is 0 Å². The second-order valence-electron chi connectivity index (χ2n) is 13.3. The Morgan fingerprint density at radius 3 is 2.57 bits per heavy atom. The number of rotatable bonds is 5. The van der Waals surface area contributed by atoms with E-state index in [2.05, 4.69) is 20.8 Å². The molecule has 1 heterocycles.